The van der Waals surface area contributed by atoms with E-state index in [2.05, 4.69) is 18.9 Å². The van der Waals surface area contributed by atoms with Gasteiger partial charge >= 0.3 is 0 Å². The van der Waals surface area contributed by atoms with Crippen molar-refractivity contribution < 1.29 is 0 Å². The lowest BCUT2D eigenvalue weighted by atomic mass is 10.1. The summed E-state index contributed by atoms with van der Waals surface area (Å²) in [6.07, 6.45) is 5.59. The average Bonchev–Trinajstić information content (AvgIpc) is 3.28. The van der Waals surface area contributed by atoms with Crippen LogP contribution in [0.1, 0.15) is 31.2 Å². The van der Waals surface area contributed by atoms with Gasteiger partial charge in [0.15, 0.2) is 5.82 Å². The number of rotatable bonds is 5. The number of benzene rings is 2. The minimum absolute atomic E-state index is 0.0551. The third-order valence-corrected chi connectivity index (χ3v) is 8.32. The third-order valence-electron chi connectivity index (χ3n) is 6.86. The van der Waals surface area contributed by atoms with Crippen LogP contribution in [0.2, 0.25) is 5.02 Å². The maximum Gasteiger partial charge on any atom is 0.291 e. The molecule has 1 aliphatic rings. The van der Waals surface area contributed by atoms with E-state index in [0.29, 0.717) is 20.3 Å². The molecule has 0 saturated heterocycles. The Morgan fingerprint density at radius 3 is 2.46 bits per heavy atom. The molecule has 3 heterocycles. The molecule has 1 aliphatic carbocycles. The van der Waals surface area contributed by atoms with Gasteiger partial charge in [0.05, 0.1) is 10.2 Å². The highest BCUT2D eigenvalue weighted by atomic mass is 35.5. The molecule has 5 aromatic rings. The molecular weight excluding hydrogens is 549 g/mol. The summed E-state index contributed by atoms with van der Waals surface area (Å²) >= 11 is 19.2. The molecule has 6 rings (SSSR count). The van der Waals surface area contributed by atoms with Gasteiger partial charge in [-0.3, -0.25) is 4.79 Å². The van der Waals surface area contributed by atoms with E-state index >= 15 is 0 Å². The smallest absolute Gasteiger partial charge is 0.266 e. The van der Waals surface area contributed by atoms with Crippen molar-refractivity contribution in [1.29, 1.82) is 0 Å². The van der Waals surface area contributed by atoms with Gasteiger partial charge < -0.3 is 0 Å². The molecule has 186 valence electrons. The fraction of sp³-hybridized carbons (Fsp3) is 0.185. The first kappa shape index (κ1) is 24.4. The van der Waals surface area contributed by atoms with Crippen molar-refractivity contribution in [2.24, 2.45) is 11.3 Å². The van der Waals surface area contributed by atoms with Crippen LogP contribution in [-0.2, 0) is 0 Å². The van der Waals surface area contributed by atoms with Crippen LogP contribution in [0.5, 0.6) is 0 Å². The highest BCUT2D eigenvalue weighted by molar-refractivity contribution is 7.15. The predicted molar refractivity (Wildman–Crippen MR) is 150 cm³/mol. The molecule has 10 heteroatoms. The highest BCUT2D eigenvalue weighted by Gasteiger charge is 2.59. The number of fused-ring (bicyclic) bond motifs is 1. The second-order valence-electron chi connectivity index (χ2n) is 9.58. The zero-order chi connectivity index (χ0) is 25.9. The maximum absolute atomic E-state index is 13.3. The molecule has 6 nitrogen and oxygen atoms in total. The Balaban J connectivity index is 1.43. The maximum atomic E-state index is 13.3. The molecule has 37 heavy (non-hydrogen) atoms. The fourth-order valence-electron chi connectivity index (χ4n) is 4.78. The Morgan fingerprint density at radius 1 is 1.05 bits per heavy atom. The lowest BCUT2D eigenvalue weighted by Crippen LogP contribution is -2.23. The molecule has 0 amide bonds. The summed E-state index contributed by atoms with van der Waals surface area (Å²) in [5.41, 5.74) is 3.07. The first-order valence-corrected chi connectivity index (χ1v) is 13.5. The van der Waals surface area contributed by atoms with Crippen LogP contribution < -0.4 is 10.1 Å². The molecule has 0 radical (unpaired) electrons. The molecule has 0 spiro atoms. The van der Waals surface area contributed by atoms with Crippen LogP contribution in [0, 0.1) is 11.3 Å². The van der Waals surface area contributed by atoms with Crippen LogP contribution >= 0.6 is 46.1 Å². The van der Waals surface area contributed by atoms with Gasteiger partial charge in [-0.1, -0.05) is 90.3 Å². The van der Waals surface area contributed by atoms with Crippen LogP contribution in [0.4, 0.5) is 0 Å². The number of para-hydroxylation sites is 1. The summed E-state index contributed by atoms with van der Waals surface area (Å²) in [7, 11) is 0. The van der Waals surface area contributed by atoms with E-state index in [0.717, 1.165) is 22.5 Å². The van der Waals surface area contributed by atoms with Gasteiger partial charge in [0.2, 0.25) is 4.96 Å². The van der Waals surface area contributed by atoms with Gasteiger partial charge in [-0.25, -0.2) is 9.67 Å². The Kier molecular flexibility index (Phi) is 5.99. The highest BCUT2D eigenvalue weighted by Crippen LogP contribution is 2.64. The summed E-state index contributed by atoms with van der Waals surface area (Å²) in [5.74, 6) is 0.815. The lowest BCUT2D eigenvalue weighted by Gasteiger charge is -2.00. The minimum atomic E-state index is -0.214. The summed E-state index contributed by atoms with van der Waals surface area (Å²) in [4.78, 5) is 18.6. The molecule has 1 fully saturated rings. The summed E-state index contributed by atoms with van der Waals surface area (Å²) in [6, 6.07) is 17.3. The number of aromatic nitrogens is 5. The van der Waals surface area contributed by atoms with Crippen LogP contribution in [0.3, 0.4) is 0 Å². The largest absolute Gasteiger partial charge is 0.291 e. The van der Waals surface area contributed by atoms with E-state index in [4.69, 9.17) is 44.9 Å². The number of nitrogens with zero attached hydrogens (tertiary/aromatic N) is 5. The summed E-state index contributed by atoms with van der Waals surface area (Å²) in [6.45, 7) is 4.23. The average molecular weight is 569 g/mol. The van der Waals surface area contributed by atoms with Crippen molar-refractivity contribution in [1.82, 2.24) is 24.4 Å². The molecule has 1 saturated carbocycles. The molecule has 0 unspecified atom stereocenters. The van der Waals surface area contributed by atoms with Gasteiger partial charge in [0.25, 0.3) is 5.56 Å². The first-order valence-electron chi connectivity index (χ1n) is 11.6. The topological polar surface area (TPSA) is 65.1 Å². The molecule has 0 N–H and O–H groups in total. The zero-order valence-corrected chi connectivity index (χ0v) is 22.9. The number of hydrogen-bond donors (Lipinski definition) is 0. The van der Waals surface area contributed by atoms with Crippen molar-refractivity contribution in [3.8, 4) is 16.9 Å². The molecule has 2 aromatic carbocycles. The molecule has 0 aliphatic heterocycles. The van der Waals surface area contributed by atoms with Crippen molar-refractivity contribution in [2.75, 3.05) is 0 Å². The van der Waals surface area contributed by atoms with Crippen molar-refractivity contribution in [3.63, 3.8) is 0 Å². The Morgan fingerprint density at radius 2 is 1.78 bits per heavy atom. The van der Waals surface area contributed by atoms with Crippen molar-refractivity contribution >= 4 is 57.2 Å². The number of thiazole rings is 1. The monoisotopic (exact) mass is 567 g/mol. The van der Waals surface area contributed by atoms with Gasteiger partial charge in [0.1, 0.15) is 10.2 Å². The summed E-state index contributed by atoms with van der Waals surface area (Å²) in [5, 5.41) is 10.0. The number of hydrogen-bond acceptors (Lipinski definition) is 5. The van der Waals surface area contributed by atoms with Gasteiger partial charge in [-0.15, -0.1) is 5.10 Å². The second-order valence-corrected chi connectivity index (χ2v) is 12.0. The number of halogens is 3. The molecule has 3 aromatic heterocycles. The van der Waals surface area contributed by atoms with E-state index in [9.17, 15) is 4.79 Å². The van der Waals surface area contributed by atoms with E-state index in [1.54, 1.807) is 4.68 Å². The normalized spacial score (nSPS) is 18.9. The Bertz CT molecular complexity index is 1770. The van der Waals surface area contributed by atoms with Crippen LogP contribution in [0.25, 0.3) is 28.0 Å². The SMILES string of the molecule is CC1(C)[C@@H](C=C(Cl)Cl)[C@@H]1c1nc2s/c(=C\c3cn(-c4ccccc4)nc3-c3ccc(Cl)cc3)c(=O)n2n1. The predicted octanol–water partition coefficient (Wildman–Crippen LogP) is 6.26. The summed E-state index contributed by atoms with van der Waals surface area (Å²) < 4.78 is 3.95. The quantitative estimate of drug-likeness (QED) is 0.251. The first-order chi connectivity index (χ1) is 17.7. The van der Waals surface area contributed by atoms with Gasteiger partial charge in [-0.05, 0) is 47.8 Å². The minimum Gasteiger partial charge on any atom is -0.266 e. The molecule has 2 atom stereocenters. The third kappa shape index (κ3) is 4.40. The second kappa shape index (κ2) is 9.10. The van der Waals surface area contributed by atoms with E-state index in [-0.39, 0.29) is 27.3 Å². The van der Waals surface area contributed by atoms with Crippen LogP contribution in [-0.4, -0.2) is 24.4 Å². The molecular formula is C27H20Cl3N5OS. The van der Waals surface area contributed by atoms with Gasteiger partial charge in [0, 0.05) is 28.3 Å². The van der Waals surface area contributed by atoms with E-state index in [1.807, 2.05) is 72.9 Å². The molecule has 0 bridgehead atoms. The Labute approximate surface area is 231 Å². The van der Waals surface area contributed by atoms with E-state index < -0.39 is 0 Å². The zero-order valence-electron chi connectivity index (χ0n) is 19.8. The lowest BCUT2D eigenvalue weighted by molar-refractivity contribution is 0.585. The fourth-order valence-corrected chi connectivity index (χ4v) is 6.08. The van der Waals surface area contributed by atoms with E-state index in [1.165, 1.54) is 15.9 Å². The van der Waals surface area contributed by atoms with Gasteiger partial charge in [-0.2, -0.15) is 9.61 Å². The van der Waals surface area contributed by atoms with Crippen LogP contribution in [0.15, 0.2) is 76.2 Å². The van der Waals surface area contributed by atoms with Crippen molar-refractivity contribution in [2.45, 2.75) is 19.8 Å². The standard InChI is InChI=1S/C27H20Cl3N5OS/c1-27(2)19(13-21(29)30)22(27)24-31-26-35(33-24)25(36)20(37-26)12-16-14-34(18-6-4-3-5-7-18)32-23(16)15-8-10-17(28)11-9-15/h3-14,19,22H,1-2H3/b20-12-/t19-,22+/m0/s1. The van der Waals surface area contributed by atoms with Crippen molar-refractivity contribution in [3.05, 3.63) is 103 Å². The number of allylic oxidation sites excluding steroid dienone is 1. The Hall–Kier alpha value is -2.97.